The number of nitrogens with two attached hydrogens (primary N) is 1. The van der Waals surface area contributed by atoms with E-state index in [1.165, 1.54) is 11.3 Å². The van der Waals surface area contributed by atoms with Gasteiger partial charge >= 0.3 is 6.09 Å². The average Bonchev–Trinajstić information content (AvgIpc) is 2.70. The second-order valence-electron chi connectivity index (χ2n) is 3.16. The van der Waals surface area contributed by atoms with Crippen molar-refractivity contribution in [1.29, 1.82) is 0 Å². The fourth-order valence-electron chi connectivity index (χ4n) is 1.29. The van der Waals surface area contributed by atoms with Gasteiger partial charge in [0.05, 0.1) is 5.69 Å². The maximum absolute atomic E-state index is 11.4. The lowest BCUT2D eigenvalue weighted by molar-refractivity contribution is -0.118. The molecule has 0 bridgehead atoms. The highest BCUT2D eigenvalue weighted by molar-refractivity contribution is 7.17. The lowest BCUT2D eigenvalue weighted by Gasteiger charge is -2.03. The summed E-state index contributed by atoms with van der Waals surface area (Å²) in [6, 6.07) is 3.63. The second kappa shape index (κ2) is 4.79. The number of amides is 2. The van der Waals surface area contributed by atoms with Crippen LogP contribution < -0.4 is 11.1 Å². The molecule has 17 heavy (non-hydrogen) atoms. The van der Waals surface area contributed by atoms with Crippen molar-refractivity contribution in [2.75, 3.05) is 11.9 Å². The highest BCUT2D eigenvalue weighted by atomic mass is 32.1. The van der Waals surface area contributed by atoms with Crippen LogP contribution in [0.25, 0.3) is 10.2 Å². The topological polar surface area (TPSA) is 94.3 Å². The summed E-state index contributed by atoms with van der Waals surface area (Å²) < 4.78 is 4.38. The largest absolute Gasteiger partial charge is 0.440 e. The number of nitrogens with zero attached hydrogens (tertiary/aromatic N) is 1. The predicted octanol–water partition coefficient (Wildman–Crippen LogP) is 1.33. The first kappa shape index (κ1) is 11.3. The molecule has 2 amide bonds. The zero-order valence-corrected chi connectivity index (χ0v) is 9.49. The summed E-state index contributed by atoms with van der Waals surface area (Å²) in [6.45, 7) is -0.396. The van der Waals surface area contributed by atoms with E-state index < -0.39 is 18.6 Å². The molecule has 88 valence electrons. The van der Waals surface area contributed by atoms with E-state index in [1.54, 1.807) is 17.6 Å². The zero-order chi connectivity index (χ0) is 12.3. The van der Waals surface area contributed by atoms with Gasteiger partial charge in [-0.05, 0) is 12.1 Å². The molecule has 0 saturated heterocycles. The molecule has 2 rings (SSSR count). The first-order valence-corrected chi connectivity index (χ1v) is 5.59. The molecule has 2 aromatic rings. The van der Waals surface area contributed by atoms with E-state index in [0.29, 0.717) is 5.69 Å². The Morgan fingerprint density at radius 1 is 1.53 bits per heavy atom. The first-order chi connectivity index (χ1) is 8.16. The van der Waals surface area contributed by atoms with Crippen molar-refractivity contribution in [3.05, 3.63) is 23.7 Å². The first-order valence-electron chi connectivity index (χ1n) is 4.71. The van der Waals surface area contributed by atoms with Crippen LogP contribution in [0.15, 0.2) is 23.7 Å². The number of ether oxygens (including phenoxy) is 1. The number of carbonyl (C=O) groups is 2. The molecule has 6 nitrogen and oxygen atoms in total. The molecular weight excluding hydrogens is 242 g/mol. The number of hydrogen-bond acceptors (Lipinski definition) is 5. The van der Waals surface area contributed by atoms with Crippen molar-refractivity contribution >= 4 is 39.2 Å². The third-order valence-electron chi connectivity index (χ3n) is 1.97. The summed E-state index contributed by atoms with van der Waals surface area (Å²) in [6.07, 6.45) is 0.706. The number of primary amides is 1. The normalized spacial score (nSPS) is 10.1. The maximum atomic E-state index is 11.4. The molecule has 0 aliphatic carbocycles. The zero-order valence-electron chi connectivity index (χ0n) is 8.67. The van der Waals surface area contributed by atoms with Gasteiger partial charge in [-0.15, -0.1) is 11.3 Å². The van der Waals surface area contributed by atoms with Crippen molar-refractivity contribution in [2.24, 2.45) is 5.73 Å². The Kier molecular flexibility index (Phi) is 3.20. The van der Waals surface area contributed by atoms with Crippen molar-refractivity contribution < 1.29 is 14.3 Å². The molecule has 2 heterocycles. The number of hydrogen-bond donors (Lipinski definition) is 2. The van der Waals surface area contributed by atoms with E-state index in [4.69, 9.17) is 5.73 Å². The summed E-state index contributed by atoms with van der Waals surface area (Å²) in [5.41, 5.74) is 5.40. The standard InChI is InChI=1S/C10H9N3O3S/c11-10(15)16-4-8(14)13-7-5-17-9-6(7)2-1-3-12-9/h1-3,5H,4H2,(H2,11,15)(H,13,14). The van der Waals surface area contributed by atoms with E-state index in [0.717, 1.165) is 10.2 Å². The Hall–Kier alpha value is -2.15. The predicted molar refractivity (Wildman–Crippen MR) is 63.8 cm³/mol. The number of pyridine rings is 1. The monoisotopic (exact) mass is 251 g/mol. The molecule has 0 atom stereocenters. The van der Waals surface area contributed by atoms with E-state index in [2.05, 4.69) is 15.0 Å². The summed E-state index contributed by atoms with van der Waals surface area (Å²) >= 11 is 1.42. The Morgan fingerprint density at radius 3 is 3.12 bits per heavy atom. The number of carbonyl (C=O) groups excluding carboxylic acids is 2. The summed E-state index contributed by atoms with van der Waals surface area (Å²) in [5, 5.41) is 5.25. The highest BCUT2D eigenvalue weighted by Gasteiger charge is 2.09. The Bertz CT molecular complexity index is 567. The third-order valence-corrected chi connectivity index (χ3v) is 2.87. The fraction of sp³-hybridized carbons (Fsp3) is 0.100. The Morgan fingerprint density at radius 2 is 2.35 bits per heavy atom. The molecule has 0 fully saturated rings. The lowest BCUT2D eigenvalue weighted by Crippen LogP contribution is -2.23. The van der Waals surface area contributed by atoms with E-state index in [-0.39, 0.29) is 0 Å². The van der Waals surface area contributed by atoms with Crippen molar-refractivity contribution in [1.82, 2.24) is 4.98 Å². The van der Waals surface area contributed by atoms with Gasteiger partial charge in [0.2, 0.25) is 0 Å². The minimum absolute atomic E-state index is 0.396. The van der Waals surface area contributed by atoms with Crippen LogP contribution in [0.1, 0.15) is 0 Å². The summed E-state index contributed by atoms with van der Waals surface area (Å²) in [5.74, 6) is -0.438. The Balaban J connectivity index is 2.08. The maximum Gasteiger partial charge on any atom is 0.405 e. The molecule has 0 radical (unpaired) electrons. The van der Waals surface area contributed by atoms with Gasteiger partial charge in [-0.2, -0.15) is 0 Å². The van der Waals surface area contributed by atoms with E-state index in [1.807, 2.05) is 6.07 Å². The van der Waals surface area contributed by atoms with Crippen LogP contribution in [0.2, 0.25) is 0 Å². The molecule has 0 saturated carbocycles. The van der Waals surface area contributed by atoms with Crippen molar-refractivity contribution in [3.63, 3.8) is 0 Å². The number of aromatic nitrogens is 1. The van der Waals surface area contributed by atoms with Gasteiger partial charge in [-0.3, -0.25) is 4.79 Å². The van der Waals surface area contributed by atoms with Crippen LogP contribution in [0.3, 0.4) is 0 Å². The molecule has 3 N–H and O–H groups in total. The van der Waals surface area contributed by atoms with E-state index >= 15 is 0 Å². The number of rotatable bonds is 3. The SMILES string of the molecule is NC(=O)OCC(=O)Nc1csc2ncccc12. The van der Waals surface area contributed by atoms with Gasteiger partial charge in [0.25, 0.3) is 5.91 Å². The summed E-state index contributed by atoms with van der Waals surface area (Å²) in [7, 11) is 0. The van der Waals surface area contributed by atoms with Crippen LogP contribution in [0.5, 0.6) is 0 Å². The third kappa shape index (κ3) is 2.70. The number of nitrogens with one attached hydrogen (secondary N) is 1. The Labute approximate surface area is 100 Å². The highest BCUT2D eigenvalue weighted by Crippen LogP contribution is 2.27. The van der Waals surface area contributed by atoms with Gasteiger partial charge < -0.3 is 15.8 Å². The number of fused-ring (bicyclic) bond motifs is 1. The van der Waals surface area contributed by atoms with Gasteiger partial charge in [-0.1, -0.05) is 0 Å². The van der Waals surface area contributed by atoms with Crippen molar-refractivity contribution in [2.45, 2.75) is 0 Å². The van der Waals surface area contributed by atoms with Crippen LogP contribution in [0, 0.1) is 0 Å². The van der Waals surface area contributed by atoms with Gasteiger partial charge in [0.1, 0.15) is 4.83 Å². The average molecular weight is 251 g/mol. The fourth-order valence-corrected chi connectivity index (χ4v) is 2.13. The molecule has 0 unspecified atom stereocenters. The van der Waals surface area contributed by atoms with Crippen LogP contribution >= 0.6 is 11.3 Å². The van der Waals surface area contributed by atoms with Crippen molar-refractivity contribution in [3.8, 4) is 0 Å². The van der Waals surface area contributed by atoms with Gasteiger partial charge in [0, 0.05) is 17.0 Å². The molecular formula is C10H9N3O3S. The smallest absolute Gasteiger partial charge is 0.405 e. The lowest BCUT2D eigenvalue weighted by atomic mass is 10.3. The molecule has 0 aliphatic heterocycles. The minimum atomic E-state index is -0.975. The van der Waals surface area contributed by atoms with Crippen LogP contribution in [0.4, 0.5) is 10.5 Å². The molecule has 0 spiro atoms. The quantitative estimate of drug-likeness (QED) is 0.860. The number of anilines is 1. The molecule has 0 aliphatic rings. The van der Waals surface area contributed by atoms with Crippen LogP contribution in [-0.4, -0.2) is 23.6 Å². The van der Waals surface area contributed by atoms with E-state index in [9.17, 15) is 9.59 Å². The molecule has 0 aromatic carbocycles. The minimum Gasteiger partial charge on any atom is -0.440 e. The van der Waals surface area contributed by atoms with Gasteiger partial charge in [0.15, 0.2) is 6.61 Å². The van der Waals surface area contributed by atoms with Gasteiger partial charge in [-0.25, -0.2) is 9.78 Å². The second-order valence-corrected chi connectivity index (χ2v) is 4.02. The molecule has 7 heteroatoms. The molecule has 2 aromatic heterocycles. The van der Waals surface area contributed by atoms with Crippen LogP contribution in [-0.2, 0) is 9.53 Å². The summed E-state index contributed by atoms with van der Waals surface area (Å²) in [4.78, 5) is 26.7. The number of thiophene rings is 1.